The molecule has 2 aromatic rings. The molecule has 0 radical (unpaired) electrons. The number of benzene rings is 2. The molecule has 36 heavy (non-hydrogen) atoms. The number of nitrogens with zero attached hydrogens (tertiary/aromatic N) is 2. The molecule has 190 valence electrons. The van der Waals surface area contributed by atoms with E-state index in [1.807, 2.05) is 37.3 Å². The van der Waals surface area contributed by atoms with E-state index in [0.717, 1.165) is 45.1 Å². The average molecular weight is 641 g/mol. The van der Waals surface area contributed by atoms with Crippen molar-refractivity contribution < 1.29 is 23.9 Å². The molecule has 2 aliphatic rings. The van der Waals surface area contributed by atoms with E-state index in [1.54, 1.807) is 17.0 Å². The molecule has 0 aliphatic carbocycles. The van der Waals surface area contributed by atoms with Gasteiger partial charge in [-0.1, -0.05) is 23.7 Å². The number of rotatable bonds is 8. The van der Waals surface area contributed by atoms with Gasteiger partial charge in [0.15, 0.2) is 11.5 Å². The monoisotopic (exact) mass is 640 g/mol. The normalized spacial score (nSPS) is 17.1. The number of carbonyl (C=O) groups is 3. The molecule has 3 amide bonds. The Morgan fingerprint density at radius 1 is 1.11 bits per heavy atom. The van der Waals surface area contributed by atoms with Crippen molar-refractivity contribution in [3.8, 4) is 11.5 Å². The zero-order chi connectivity index (χ0) is 25.7. The number of imide groups is 1. The Kier molecular flexibility index (Phi) is 9.19. The molecule has 2 heterocycles. The van der Waals surface area contributed by atoms with E-state index < -0.39 is 11.1 Å². The lowest BCUT2D eigenvalue weighted by molar-refractivity contribution is -0.136. The van der Waals surface area contributed by atoms with Gasteiger partial charge < -0.3 is 14.4 Å². The number of likely N-dealkylation sites (tertiary alicyclic amines) is 1. The number of amides is 3. The van der Waals surface area contributed by atoms with Gasteiger partial charge in [-0.15, -0.1) is 0 Å². The van der Waals surface area contributed by atoms with Gasteiger partial charge in [0.1, 0.15) is 13.2 Å². The summed E-state index contributed by atoms with van der Waals surface area (Å²) in [6.45, 7) is 3.79. The number of hydrogen-bond donors (Lipinski definition) is 0. The average Bonchev–Trinajstić information content (AvgIpc) is 3.12. The molecule has 0 spiro atoms. The minimum atomic E-state index is -0.452. The van der Waals surface area contributed by atoms with E-state index in [2.05, 4.69) is 22.6 Å². The van der Waals surface area contributed by atoms with Gasteiger partial charge in [-0.3, -0.25) is 19.3 Å². The van der Waals surface area contributed by atoms with Crippen molar-refractivity contribution in [1.29, 1.82) is 0 Å². The summed E-state index contributed by atoms with van der Waals surface area (Å²) in [4.78, 5) is 41.1. The number of hydrogen-bond acceptors (Lipinski definition) is 6. The third-order valence-electron chi connectivity index (χ3n) is 5.80. The van der Waals surface area contributed by atoms with E-state index in [4.69, 9.17) is 21.1 Å². The predicted molar refractivity (Wildman–Crippen MR) is 149 cm³/mol. The fraction of sp³-hybridized carbons (Fsp3) is 0.346. The predicted octanol–water partition coefficient (Wildman–Crippen LogP) is 5.97. The second-order valence-corrected chi connectivity index (χ2v) is 11.0. The van der Waals surface area contributed by atoms with E-state index >= 15 is 0 Å². The summed E-state index contributed by atoms with van der Waals surface area (Å²) in [5.41, 5.74) is 1.67. The second-order valence-electron chi connectivity index (χ2n) is 8.39. The maximum absolute atomic E-state index is 13.0. The third-order valence-corrected chi connectivity index (χ3v) is 7.76. The molecule has 4 rings (SSSR count). The summed E-state index contributed by atoms with van der Waals surface area (Å²) < 4.78 is 12.7. The van der Waals surface area contributed by atoms with Gasteiger partial charge in [0.25, 0.3) is 11.1 Å². The summed E-state index contributed by atoms with van der Waals surface area (Å²) in [6, 6.07) is 11.1. The number of carbonyl (C=O) groups excluding carboxylic acids is 3. The smallest absolute Gasteiger partial charge is 0.294 e. The molecule has 0 atom stereocenters. The van der Waals surface area contributed by atoms with Crippen LogP contribution in [0.15, 0.2) is 41.3 Å². The van der Waals surface area contributed by atoms with E-state index in [9.17, 15) is 14.4 Å². The van der Waals surface area contributed by atoms with Gasteiger partial charge in [-0.2, -0.15) is 0 Å². The van der Waals surface area contributed by atoms with Gasteiger partial charge in [0, 0.05) is 18.1 Å². The van der Waals surface area contributed by atoms with E-state index in [0.29, 0.717) is 48.4 Å². The standard InChI is InChI=1S/C26H26ClIN2O5S/c1-2-34-21-13-18(12-20(28)24(21)35-16-17-6-8-19(27)9-7-17)14-22-25(32)30(26(33)36-22)15-23(31)29-10-4-3-5-11-29/h6-9,12-14H,2-5,10-11,15-16H2,1H3/b22-14-. The number of thioether (sulfide) groups is 1. The molecule has 10 heteroatoms. The lowest BCUT2D eigenvalue weighted by Gasteiger charge is -2.27. The van der Waals surface area contributed by atoms with Crippen LogP contribution in [0.2, 0.25) is 5.02 Å². The fourth-order valence-corrected chi connectivity index (χ4v) is 5.72. The lowest BCUT2D eigenvalue weighted by atomic mass is 10.1. The summed E-state index contributed by atoms with van der Waals surface area (Å²) >= 11 is 8.97. The summed E-state index contributed by atoms with van der Waals surface area (Å²) in [5.74, 6) is 0.508. The number of piperidine rings is 1. The van der Waals surface area contributed by atoms with Crippen LogP contribution in [0.25, 0.3) is 6.08 Å². The van der Waals surface area contributed by atoms with Crippen molar-refractivity contribution in [2.75, 3.05) is 26.2 Å². The van der Waals surface area contributed by atoms with Crippen molar-refractivity contribution in [2.45, 2.75) is 32.8 Å². The first kappa shape index (κ1) is 26.8. The molecule has 0 saturated carbocycles. The zero-order valence-corrected chi connectivity index (χ0v) is 23.5. The molecule has 2 fully saturated rings. The van der Waals surface area contributed by atoms with Gasteiger partial charge in [0.05, 0.1) is 15.1 Å². The molecule has 0 unspecified atom stereocenters. The molecule has 7 nitrogen and oxygen atoms in total. The van der Waals surface area contributed by atoms with Gasteiger partial charge >= 0.3 is 0 Å². The van der Waals surface area contributed by atoms with Crippen LogP contribution >= 0.6 is 46.0 Å². The molecule has 2 aliphatic heterocycles. The first-order valence-corrected chi connectivity index (χ1v) is 14.0. The maximum atomic E-state index is 13.0. The quantitative estimate of drug-likeness (QED) is 0.262. The van der Waals surface area contributed by atoms with Crippen molar-refractivity contribution in [1.82, 2.24) is 9.80 Å². The first-order valence-electron chi connectivity index (χ1n) is 11.7. The SMILES string of the molecule is CCOc1cc(/C=C2\SC(=O)N(CC(=O)N3CCCCC3)C2=O)cc(I)c1OCc1ccc(Cl)cc1. The molecule has 0 N–H and O–H groups in total. The van der Waals surface area contributed by atoms with Crippen LogP contribution in [0.4, 0.5) is 4.79 Å². The Balaban J connectivity index is 1.50. The highest BCUT2D eigenvalue weighted by atomic mass is 127. The molecular formula is C26H26ClIN2O5S. The highest BCUT2D eigenvalue weighted by Crippen LogP contribution is 2.38. The Hall–Kier alpha value is -2.24. The van der Waals surface area contributed by atoms with Gasteiger partial charge in [0.2, 0.25) is 5.91 Å². The molecule has 0 aromatic heterocycles. The highest BCUT2D eigenvalue weighted by molar-refractivity contribution is 14.1. The van der Waals surface area contributed by atoms with Gasteiger partial charge in [-0.05, 0) is 102 Å². The molecule has 2 saturated heterocycles. The van der Waals surface area contributed by atoms with Crippen LogP contribution in [0.3, 0.4) is 0 Å². The number of ether oxygens (including phenoxy) is 2. The Morgan fingerprint density at radius 2 is 1.83 bits per heavy atom. The van der Waals surface area contributed by atoms with E-state index in [-0.39, 0.29) is 17.4 Å². The minimum Gasteiger partial charge on any atom is -0.490 e. The van der Waals surface area contributed by atoms with Crippen LogP contribution in [0, 0.1) is 3.57 Å². The van der Waals surface area contributed by atoms with E-state index in [1.165, 1.54) is 0 Å². The van der Waals surface area contributed by atoms with Crippen LogP contribution in [0.5, 0.6) is 11.5 Å². The summed E-state index contributed by atoms with van der Waals surface area (Å²) in [5, 5.41) is 0.229. The molecular weight excluding hydrogens is 615 g/mol. The topological polar surface area (TPSA) is 76.2 Å². The Labute approximate surface area is 233 Å². The van der Waals surface area contributed by atoms with Crippen LogP contribution in [0.1, 0.15) is 37.3 Å². The van der Waals surface area contributed by atoms with Crippen LogP contribution in [-0.2, 0) is 16.2 Å². The van der Waals surface area contributed by atoms with Crippen LogP contribution < -0.4 is 9.47 Å². The summed E-state index contributed by atoms with van der Waals surface area (Å²) in [7, 11) is 0. The fourth-order valence-electron chi connectivity index (χ4n) is 3.98. The first-order chi connectivity index (χ1) is 17.4. The van der Waals surface area contributed by atoms with Crippen molar-refractivity contribution in [2.24, 2.45) is 0 Å². The van der Waals surface area contributed by atoms with Crippen molar-refractivity contribution in [3.05, 3.63) is 61.0 Å². The summed E-state index contributed by atoms with van der Waals surface area (Å²) in [6.07, 6.45) is 4.66. The highest BCUT2D eigenvalue weighted by Gasteiger charge is 2.37. The molecule has 0 bridgehead atoms. The third kappa shape index (κ3) is 6.54. The minimum absolute atomic E-state index is 0.186. The number of halogens is 2. The Morgan fingerprint density at radius 3 is 2.53 bits per heavy atom. The van der Waals surface area contributed by atoms with Crippen molar-refractivity contribution in [3.63, 3.8) is 0 Å². The largest absolute Gasteiger partial charge is 0.490 e. The second kappa shape index (κ2) is 12.3. The Bertz CT molecular complexity index is 1180. The molecule has 2 aromatic carbocycles. The van der Waals surface area contributed by atoms with Crippen molar-refractivity contribution >= 4 is 69.1 Å². The zero-order valence-electron chi connectivity index (χ0n) is 19.8. The lowest BCUT2D eigenvalue weighted by Crippen LogP contribution is -2.44. The van der Waals surface area contributed by atoms with Gasteiger partial charge in [-0.25, -0.2) is 0 Å². The van der Waals surface area contributed by atoms with Crippen LogP contribution in [-0.4, -0.2) is 53.1 Å². The maximum Gasteiger partial charge on any atom is 0.294 e.